The van der Waals surface area contributed by atoms with Crippen molar-refractivity contribution in [3.63, 3.8) is 0 Å². The lowest BCUT2D eigenvalue weighted by atomic mass is 10.1. The Morgan fingerprint density at radius 3 is 2.08 bits per heavy atom. The molecule has 2 nitrogen and oxygen atoms in total. The summed E-state index contributed by atoms with van der Waals surface area (Å²) < 4.78 is 0. The summed E-state index contributed by atoms with van der Waals surface area (Å²) >= 11 is 0. The second kappa shape index (κ2) is 15.2. The van der Waals surface area contributed by atoms with Crippen molar-refractivity contribution in [1.29, 1.82) is 0 Å². The number of carbonyl (C=O) groups is 1. The van der Waals surface area contributed by atoms with Gasteiger partial charge in [0.25, 0.3) is 0 Å². The summed E-state index contributed by atoms with van der Waals surface area (Å²) in [6, 6.07) is 0. The molecule has 1 fully saturated rings. The minimum Gasteiger partial charge on any atom is -0.343 e. The summed E-state index contributed by atoms with van der Waals surface area (Å²) in [6.07, 6.45) is 27.2. The molecule has 1 amide bonds. The Hall–Kier alpha value is -1.31. The molecule has 0 spiro atoms. The molecule has 1 aliphatic heterocycles. The normalized spacial score (nSPS) is 15.5. The lowest BCUT2D eigenvalue weighted by molar-refractivity contribution is -0.130. The maximum Gasteiger partial charge on any atom is 0.222 e. The van der Waals surface area contributed by atoms with Crippen molar-refractivity contribution in [2.45, 2.75) is 84.0 Å². The van der Waals surface area contributed by atoms with Crippen LogP contribution < -0.4 is 0 Å². The molecule has 1 heterocycles. The number of rotatable bonds is 13. The average molecular weight is 332 g/mol. The van der Waals surface area contributed by atoms with Crippen molar-refractivity contribution >= 4 is 5.91 Å². The Morgan fingerprint density at radius 1 is 0.792 bits per heavy atom. The SMILES string of the molecule is CC/C=C\C/C=C\C/C=C\CCCCCCCC(=O)N1CCCC1. The van der Waals surface area contributed by atoms with Crippen LogP contribution in [0.3, 0.4) is 0 Å². The Kier molecular flexibility index (Phi) is 13.2. The molecule has 0 bridgehead atoms. The Labute approximate surface area is 149 Å². The van der Waals surface area contributed by atoms with Gasteiger partial charge in [-0.1, -0.05) is 62.6 Å². The highest BCUT2D eigenvalue weighted by Gasteiger charge is 2.16. The van der Waals surface area contributed by atoms with Gasteiger partial charge >= 0.3 is 0 Å². The van der Waals surface area contributed by atoms with Crippen LogP contribution >= 0.6 is 0 Å². The van der Waals surface area contributed by atoms with Crippen molar-refractivity contribution in [3.05, 3.63) is 36.5 Å². The fourth-order valence-electron chi connectivity index (χ4n) is 3.02. The maximum absolute atomic E-state index is 11.9. The molecule has 0 aliphatic carbocycles. The predicted octanol–water partition coefficient (Wildman–Crippen LogP) is 6.20. The van der Waals surface area contributed by atoms with E-state index in [1.165, 1.54) is 44.9 Å². The summed E-state index contributed by atoms with van der Waals surface area (Å²) in [7, 11) is 0. The van der Waals surface area contributed by atoms with E-state index in [-0.39, 0.29) is 0 Å². The van der Waals surface area contributed by atoms with E-state index in [0.29, 0.717) is 5.91 Å². The first-order valence-corrected chi connectivity index (χ1v) is 10.1. The summed E-state index contributed by atoms with van der Waals surface area (Å²) in [4.78, 5) is 13.9. The molecule has 1 rings (SSSR count). The molecular formula is C22H37NO. The predicted molar refractivity (Wildman–Crippen MR) is 105 cm³/mol. The summed E-state index contributed by atoms with van der Waals surface area (Å²) in [5.41, 5.74) is 0. The van der Waals surface area contributed by atoms with Crippen LogP contribution in [0, 0.1) is 0 Å². The molecule has 0 atom stereocenters. The van der Waals surface area contributed by atoms with Gasteiger partial charge in [-0.05, 0) is 51.4 Å². The molecule has 1 aliphatic rings. The minimum atomic E-state index is 0.383. The fraction of sp³-hybridized carbons (Fsp3) is 0.682. The standard InChI is InChI=1S/C22H37NO/c1-2-3-4-5-6-7-8-9-10-11-12-13-14-15-16-19-22(24)23-20-17-18-21-23/h3-4,6-7,9-10H,2,5,8,11-21H2,1H3/b4-3-,7-6-,10-9-. The van der Waals surface area contributed by atoms with Crippen molar-refractivity contribution < 1.29 is 4.79 Å². The van der Waals surface area contributed by atoms with E-state index in [9.17, 15) is 4.79 Å². The Morgan fingerprint density at radius 2 is 1.38 bits per heavy atom. The van der Waals surface area contributed by atoms with E-state index in [2.05, 4.69) is 43.4 Å². The van der Waals surface area contributed by atoms with E-state index in [1.807, 2.05) is 4.90 Å². The van der Waals surface area contributed by atoms with E-state index in [1.54, 1.807) is 0 Å². The van der Waals surface area contributed by atoms with Crippen LogP contribution in [0.25, 0.3) is 0 Å². The number of hydrogen-bond acceptors (Lipinski definition) is 1. The van der Waals surface area contributed by atoms with E-state index in [0.717, 1.165) is 45.2 Å². The monoisotopic (exact) mass is 331 g/mol. The highest BCUT2D eigenvalue weighted by atomic mass is 16.2. The average Bonchev–Trinajstić information content (AvgIpc) is 3.13. The van der Waals surface area contributed by atoms with Gasteiger partial charge in [0, 0.05) is 19.5 Å². The third-order valence-corrected chi connectivity index (χ3v) is 4.50. The first-order chi connectivity index (χ1) is 11.8. The lowest BCUT2D eigenvalue weighted by Gasteiger charge is -2.14. The minimum absolute atomic E-state index is 0.383. The molecule has 136 valence electrons. The molecular weight excluding hydrogens is 294 g/mol. The molecule has 0 saturated carbocycles. The quantitative estimate of drug-likeness (QED) is 0.291. The molecule has 0 radical (unpaired) electrons. The maximum atomic E-state index is 11.9. The van der Waals surface area contributed by atoms with Crippen LogP contribution in [0.1, 0.15) is 84.0 Å². The number of hydrogen-bond donors (Lipinski definition) is 0. The van der Waals surface area contributed by atoms with Crippen LogP contribution in [0.4, 0.5) is 0 Å². The summed E-state index contributed by atoms with van der Waals surface area (Å²) in [5.74, 6) is 0.383. The van der Waals surface area contributed by atoms with Gasteiger partial charge in [0.15, 0.2) is 0 Å². The summed E-state index contributed by atoms with van der Waals surface area (Å²) in [6.45, 7) is 4.16. The lowest BCUT2D eigenvalue weighted by Crippen LogP contribution is -2.27. The molecule has 0 N–H and O–H groups in total. The zero-order chi connectivity index (χ0) is 17.3. The van der Waals surface area contributed by atoms with Crippen LogP contribution in [0.2, 0.25) is 0 Å². The number of allylic oxidation sites excluding steroid dienone is 6. The fourth-order valence-corrected chi connectivity index (χ4v) is 3.02. The third-order valence-electron chi connectivity index (χ3n) is 4.50. The largest absolute Gasteiger partial charge is 0.343 e. The zero-order valence-corrected chi connectivity index (χ0v) is 15.7. The van der Waals surface area contributed by atoms with Gasteiger partial charge in [0.2, 0.25) is 5.91 Å². The third kappa shape index (κ3) is 11.3. The highest BCUT2D eigenvalue weighted by molar-refractivity contribution is 5.76. The number of nitrogens with zero attached hydrogens (tertiary/aromatic N) is 1. The van der Waals surface area contributed by atoms with Gasteiger partial charge in [0.05, 0.1) is 0 Å². The van der Waals surface area contributed by atoms with E-state index >= 15 is 0 Å². The zero-order valence-electron chi connectivity index (χ0n) is 15.7. The number of likely N-dealkylation sites (tertiary alicyclic amines) is 1. The first-order valence-electron chi connectivity index (χ1n) is 10.1. The van der Waals surface area contributed by atoms with Crippen molar-refractivity contribution in [2.75, 3.05) is 13.1 Å². The Bertz CT molecular complexity index is 389. The molecule has 0 unspecified atom stereocenters. The summed E-state index contributed by atoms with van der Waals surface area (Å²) in [5, 5.41) is 0. The van der Waals surface area contributed by atoms with E-state index in [4.69, 9.17) is 0 Å². The first kappa shape index (κ1) is 20.7. The molecule has 24 heavy (non-hydrogen) atoms. The number of carbonyl (C=O) groups excluding carboxylic acids is 1. The molecule has 2 heteroatoms. The van der Waals surface area contributed by atoms with Crippen molar-refractivity contribution in [2.24, 2.45) is 0 Å². The van der Waals surface area contributed by atoms with Gasteiger partial charge in [-0.15, -0.1) is 0 Å². The smallest absolute Gasteiger partial charge is 0.222 e. The van der Waals surface area contributed by atoms with Crippen molar-refractivity contribution in [3.8, 4) is 0 Å². The molecule has 0 aromatic carbocycles. The Balaban J connectivity index is 1.83. The van der Waals surface area contributed by atoms with Crippen LogP contribution in [0.15, 0.2) is 36.5 Å². The van der Waals surface area contributed by atoms with Crippen molar-refractivity contribution in [1.82, 2.24) is 4.90 Å². The number of amides is 1. The van der Waals surface area contributed by atoms with Gasteiger partial charge in [-0.25, -0.2) is 0 Å². The van der Waals surface area contributed by atoms with Crippen LogP contribution in [-0.2, 0) is 4.79 Å². The van der Waals surface area contributed by atoms with Gasteiger partial charge in [-0.2, -0.15) is 0 Å². The topological polar surface area (TPSA) is 20.3 Å². The molecule has 0 aromatic heterocycles. The number of unbranched alkanes of at least 4 members (excludes halogenated alkanes) is 5. The van der Waals surface area contributed by atoms with E-state index < -0.39 is 0 Å². The highest BCUT2D eigenvalue weighted by Crippen LogP contribution is 2.12. The molecule has 0 aromatic rings. The van der Waals surface area contributed by atoms with Gasteiger partial charge in [-0.3, -0.25) is 4.79 Å². The van der Waals surface area contributed by atoms with Gasteiger partial charge < -0.3 is 4.90 Å². The van der Waals surface area contributed by atoms with Gasteiger partial charge in [0.1, 0.15) is 0 Å². The second-order valence-corrected chi connectivity index (χ2v) is 6.69. The van der Waals surface area contributed by atoms with Crippen LogP contribution in [0.5, 0.6) is 0 Å². The van der Waals surface area contributed by atoms with Crippen LogP contribution in [-0.4, -0.2) is 23.9 Å². The molecule has 1 saturated heterocycles. The second-order valence-electron chi connectivity index (χ2n) is 6.69.